The molecule has 19 heavy (non-hydrogen) atoms. The molecule has 0 aliphatic carbocycles. The van der Waals surface area contributed by atoms with Gasteiger partial charge in [-0.25, -0.2) is 9.97 Å². The Morgan fingerprint density at radius 2 is 2.00 bits per heavy atom. The van der Waals surface area contributed by atoms with Gasteiger partial charge in [0, 0.05) is 6.20 Å². The zero-order chi connectivity index (χ0) is 13.5. The first kappa shape index (κ1) is 13.1. The third kappa shape index (κ3) is 3.84. The van der Waals surface area contributed by atoms with Gasteiger partial charge in [0.1, 0.15) is 18.8 Å². The van der Waals surface area contributed by atoms with Crippen molar-refractivity contribution in [2.45, 2.75) is 13.0 Å². The fourth-order valence-corrected chi connectivity index (χ4v) is 1.62. The fourth-order valence-electron chi connectivity index (χ4n) is 1.62. The maximum atomic E-state index is 5.73. The van der Waals surface area contributed by atoms with Crippen LogP contribution in [-0.2, 0) is 0 Å². The summed E-state index contributed by atoms with van der Waals surface area (Å²) in [6.45, 7) is 2.54. The Labute approximate surface area is 112 Å². The average molecular weight is 259 g/mol. The summed E-state index contributed by atoms with van der Waals surface area (Å²) in [5, 5.41) is 3.23. The number of ether oxygens (including phenoxy) is 2. The Morgan fingerprint density at radius 3 is 2.68 bits per heavy atom. The van der Waals surface area contributed by atoms with E-state index in [1.807, 2.05) is 37.3 Å². The van der Waals surface area contributed by atoms with E-state index in [4.69, 9.17) is 9.47 Å². The number of hydrogen-bond acceptors (Lipinski definition) is 5. The average Bonchev–Trinajstić information content (AvgIpc) is 2.46. The zero-order valence-electron chi connectivity index (χ0n) is 11.0. The van der Waals surface area contributed by atoms with Crippen molar-refractivity contribution in [3.63, 3.8) is 0 Å². The minimum Gasteiger partial charge on any atom is -0.493 e. The summed E-state index contributed by atoms with van der Waals surface area (Å²) in [5.74, 6) is 2.25. The molecular formula is C14H17N3O2. The zero-order valence-corrected chi connectivity index (χ0v) is 11.0. The Morgan fingerprint density at radius 1 is 1.21 bits per heavy atom. The van der Waals surface area contributed by atoms with E-state index in [1.54, 1.807) is 13.3 Å². The molecule has 0 amide bonds. The van der Waals surface area contributed by atoms with Crippen molar-refractivity contribution in [1.29, 1.82) is 0 Å². The van der Waals surface area contributed by atoms with Crippen LogP contribution in [0.15, 0.2) is 42.9 Å². The van der Waals surface area contributed by atoms with Crippen LogP contribution in [0, 0.1) is 0 Å². The number of benzene rings is 1. The molecule has 1 aromatic heterocycles. The summed E-state index contributed by atoms with van der Waals surface area (Å²) in [7, 11) is 1.63. The Kier molecular flexibility index (Phi) is 4.55. The number of anilines is 1. The van der Waals surface area contributed by atoms with Gasteiger partial charge in [-0.05, 0) is 25.1 Å². The van der Waals surface area contributed by atoms with Crippen molar-refractivity contribution in [2.75, 3.05) is 19.0 Å². The second kappa shape index (κ2) is 6.58. The topological polar surface area (TPSA) is 56.3 Å². The van der Waals surface area contributed by atoms with E-state index in [9.17, 15) is 0 Å². The molecule has 1 N–H and O–H groups in total. The summed E-state index contributed by atoms with van der Waals surface area (Å²) in [4.78, 5) is 7.97. The first-order valence-electron chi connectivity index (χ1n) is 6.08. The summed E-state index contributed by atoms with van der Waals surface area (Å²) < 4.78 is 11.0. The molecule has 1 heterocycles. The van der Waals surface area contributed by atoms with Crippen LogP contribution in [0.4, 0.5) is 5.82 Å². The molecule has 0 spiro atoms. The van der Waals surface area contributed by atoms with Crippen molar-refractivity contribution < 1.29 is 9.47 Å². The molecule has 0 aliphatic rings. The maximum Gasteiger partial charge on any atom is 0.161 e. The van der Waals surface area contributed by atoms with Gasteiger partial charge in [-0.2, -0.15) is 0 Å². The first-order valence-corrected chi connectivity index (χ1v) is 6.08. The van der Waals surface area contributed by atoms with Gasteiger partial charge in [-0.15, -0.1) is 0 Å². The van der Waals surface area contributed by atoms with Gasteiger partial charge in [0.05, 0.1) is 13.2 Å². The Hall–Kier alpha value is -2.30. The molecule has 100 valence electrons. The van der Waals surface area contributed by atoms with E-state index in [0.29, 0.717) is 6.61 Å². The summed E-state index contributed by atoms with van der Waals surface area (Å²) in [5.41, 5.74) is 0. The predicted molar refractivity (Wildman–Crippen MR) is 73.6 cm³/mol. The summed E-state index contributed by atoms with van der Waals surface area (Å²) >= 11 is 0. The normalized spacial score (nSPS) is 11.7. The lowest BCUT2D eigenvalue weighted by atomic mass is 10.3. The second-order valence-corrected chi connectivity index (χ2v) is 4.10. The molecule has 1 aromatic carbocycles. The van der Waals surface area contributed by atoms with E-state index in [-0.39, 0.29) is 6.04 Å². The van der Waals surface area contributed by atoms with Gasteiger partial charge in [0.25, 0.3) is 0 Å². The lowest BCUT2D eigenvalue weighted by Gasteiger charge is -2.16. The largest absolute Gasteiger partial charge is 0.493 e. The predicted octanol–water partition coefficient (Wildman–Crippen LogP) is 2.36. The molecule has 5 nitrogen and oxygen atoms in total. The van der Waals surface area contributed by atoms with Crippen LogP contribution in [0.2, 0.25) is 0 Å². The molecule has 5 heteroatoms. The van der Waals surface area contributed by atoms with Gasteiger partial charge in [0.15, 0.2) is 11.5 Å². The van der Waals surface area contributed by atoms with Gasteiger partial charge in [0.2, 0.25) is 0 Å². The molecular weight excluding hydrogens is 242 g/mol. The SMILES string of the molecule is COc1ccccc1OC[C@@H](C)Nc1ccncn1. The molecule has 0 fully saturated rings. The van der Waals surface area contributed by atoms with Crippen molar-refractivity contribution in [3.05, 3.63) is 42.9 Å². The third-order valence-corrected chi connectivity index (χ3v) is 2.53. The number of nitrogens with zero attached hydrogens (tertiary/aromatic N) is 2. The van der Waals surface area contributed by atoms with E-state index >= 15 is 0 Å². The Balaban J connectivity index is 1.88. The van der Waals surface area contributed by atoms with Crippen molar-refractivity contribution in [2.24, 2.45) is 0 Å². The van der Waals surface area contributed by atoms with Crippen LogP contribution >= 0.6 is 0 Å². The number of nitrogens with one attached hydrogen (secondary N) is 1. The highest BCUT2D eigenvalue weighted by Crippen LogP contribution is 2.25. The highest BCUT2D eigenvalue weighted by atomic mass is 16.5. The van der Waals surface area contributed by atoms with Gasteiger partial charge in [-0.1, -0.05) is 12.1 Å². The van der Waals surface area contributed by atoms with Gasteiger partial charge >= 0.3 is 0 Å². The Bertz CT molecular complexity index is 505. The van der Waals surface area contributed by atoms with E-state index in [1.165, 1.54) is 6.33 Å². The van der Waals surface area contributed by atoms with Crippen molar-refractivity contribution in [3.8, 4) is 11.5 Å². The fraction of sp³-hybridized carbons (Fsp3) is 0.286. The highest BCUT2D eigenvalue weighted by molar-refractivity contribution is 5.39. The van der Waals surface area contributed by atoms with Crippen LogP contribution in [0.1, 0.15) is 6.92 Å². The molecule has 0 radical (unpaired) electrons. The van der Waals surface area contributed by atoms with Crippen LogP contribution < -0.4 is 14.8 Å². The number of hydrogen-bond donors (Lipinski definition) is 1. The second-order valence-electron chi connectivity index (χ2n) is 4.10. The van der Waals surface area contributed by atoms with Crippen LogP contribution in [0.25, 0.3) is 0 Å². The van der Waals surface area contributed by atoms with Crippen LogP contribution in [0.3, 0.4) is 0 Å². The minimum atomic E-state index is 0.125. The van der Waals surface area contributed by atoms with E-state index in [0.717, 1.165) is 17.3 Å². The molecule has 2 aromatic rings. The molecule has 0 unspecified atom stereocenters. The monoisotopic (exact) mass is 259 g/mol. The lowest BCUT2D eigenvalue weighted by molar-refractivity contribution is 0.284. The molecule has 0 aliphatic heterocycles. The standard InChI is InChI=1S/C14H17N3O2/c1-11(17-14-7-8-15-10-16-14)9-19-13-6-4-3-5-12(13)18-2/h3-8,10-11H,9H2,1-2H3,(H,15,16,17)/t11-/m1/s1. The van der Waals surface area contributed by atoms with E-state index < -0.39 is 0 Å². The summed E-state index contributed by atoms with van der Waals surface area (Å²) in [6.07, 6.45) is 3.21. The minimum absolute atomic E-state index is 0.125. The third-order valence-electron chi connectivity index (χ3n) is 2.53. The number of methoxy groups -OCH3 is 1. The molecule has 0 saturated heterocycles. The first-order chi connectivity index (χ1) is 9.29. The van der Waals surface area contributed by atoms with Gasteiger partial charge < -0.3 is 14.8 Å². The van der Waals surface area contributed by atoms with Crippen molar-refractivity contribution in [1.82, 2.24) is 9.97 Å². The number of aromatic nitrogens is 2. The molecule has 2 rings (SSSR count). The molecule has 1 atom stereocenters. The van der Waals surface area contributed by atoms with Crippen LogP contribution in [-0.4, -0.2) is 29.7 Å². The quantitative estimate of drug-likeness (QED) is 0.863. The smallest absolute Gasteiger partial charge is 0.161 e. The number of para-hydroxylation sites is 2. The van der Waals surface area contributed by atoms with Crippen molar-refractivity contribution >= 4 is 5.82 Å². The maximum absolute atomic E-state index is 5.73. The van der Waals surface area contributed by atoms with Crippen LogP contribution in [0.5, 0.6) is 11.5 Å². The highest BCUT2D eigenvalue weighted by Gasteiger charge is 2.07. The van der Waals surface area contributed by atoms with Gasteiger partial charge in [-0.3, -0.25) is 0 Å². The molecule has 0 bridgehead atoms. The lowest BCUT2D eigenvalue weighted by Crippen LogP contribution is -2.24. The van der Waals surface area contributed by atoms with E-state index in [2.05, 4.69) is 15.3 Å². The number of rotatable bonds is 6. The summed E-state index contributed by atoms with van der Waals surface area (Å²) in [6, 6.07) is 9.53. The molecule has 0 saturated carbocycles.